The minimum absolute atomic E-state index is 0.0396. The highest BCUT2D eigenvalue weighted by Gasteiger charge is 2.25. The Morgan fingerprint density at radius 2 is 2.46 bits per heavy atom. The lowest BCUT2D eigenvalue weighted by Gasteiger charge is -2.15. The van der Waals surface area contributed by atoms with Crippen molar-refractivity contribution in [2.45, 2.75) is 13.3 Å². The van der Waals surface area contributed by atoms with E-state index in [-0.39, 0.29) is 25.0 Å². The number of carbonyl (C=O) groups is 1. The van der Waals surface area contributed by atoms with Crippen LogP contribution in [0.4, 0.5) is 0 Å². The number of aliphatic hydroxyl groups is 1. The Hall–Kier alpha value is -0.610. The molecule has 1 saturated heterocycles. The Balaban J connectivity index is 2.25. The minimum atomic E-state index is 0.0396. The molecule has 1 fully saturated rings. The van der Waals surface area contributed by atoms with Crippen LogP contribution in [0.5, 0.6) is 0 Å². The van der Waals surface area contributed by atoms with Crippen LogP contribution in [0.25, 0.3) is 0 Å². The summed E-state index contributed by atoms with van der Waals surface area (Å²) < 4.78 is 5.02. The number of hydrogen-bond donors (Lipinski definition) is 1. The van der Waals surface area contributed by atoms with Crippen LogP contribution in [0, 0.1) is 5.92 Å². The number of hydrogen-bond acceptors (Lipinski definition) is 3. The Morgan fingerprint density at radius 3 is 3.00 bits per heavy atom. The summed E-state index contributed by atoms with van der Waals surface area (Å²) in [5.41, 5.74) is 0. The van der Waals surface area contributed by atoms with Gasteiger partial charge in [0.2, 0.25) is 5.91 Å². The highest BCUT2D eigenvalue weighted by Crippen LogP contribution is 2.15. The van der Waals surface area contributed by atoms with E-state index in [4.69, 9.17) is 9.84 Å². The fraction of sp³-hybridized carbons (Fsp3) is 0.889. The molecule has 13 heavy (non-hydrogen) atoms. The maximum Gasteiger partial charge on any atom is 0.248 e. The summed E-state index contributed by atoms with van der Waals surface area (Å²) in [7, 11) is 0. The lowest BCUT2D eigenvalue weighted by molar-refractivity contribution is -0.135. The maximum absolute atomic E-state index is 11.4. The molecule has 1 atom stereocenters. The van der Waals surface area contributed by atoms with Gasteiger partial charge in [-0.05, 0) is 13.3 Å². The Morgan fingerprint density at radius 1 is 1.69 bits per heavy atom. The van der Waals surface area contributed by atoms with Crippen LogP contribution in [0.3, 0.4) is 0 Å². The zero-order chi connectivity index (χ0) is 9.68. The number of ether oxygens (including phenoxy) is 1. The predicted molar refractivity (Wildman–Crippen MR) is 48.3 cm³/mol. The number of aliphatic hydroxyl groups excluding tert-OH is 1. The van der Waals surface area contributed by atoms with Gasteiger partial charge >= 0.3 is 0 Å². The van der Waals surface area contributed by atoms with Gasteiger partial charge in [0, 0.05) is 32.2 Å². The molecule has 0 spiro atoms. The van der Waals surface area contributed by atoms with E-state index in [1.54, 1.807) is 4.90 Å². The number of carbonyl (C=O) groups excluding carboxylic acids is 1. The van der Waals surface area contributed by atoms with Crippen molar-refractivity contribution in [3.63, 3.8) is 0 Å². The smallest absolute Gasteiger partial charge is 0.248 e. The van der Waals surface area contributed by atoms with Crippen LogP contribution in [0.15, 0.2) is 0 Å². The zero-order valence-electron chi connectivity index (χ0n) is 8.03. The van der Waals surface area contributed by atoms with E-state index in [1.165, 1.54) is 0 Å². The van der Waals surface area contributed by atoms with Crippen molar-refractivity contribution in [1.82, 2.24) is 4.90 Å². The molecular formula is C9H17NO3. The molecule has 0 aromatic heterocycles. The van der Waals surface area contributed by atoms with Gasteiger partial charge in [0.25, 0.3) is 0 Å². The molecule has 1 rings (SSSR count). The third-order valence-electron chi connectivity index (χ3n) is 2.33. The zero-order valence-corrected chi connectivity index (χ0v) is 8.03. The number of amides is 1. The average Bonchev–Trinajstić information content (AvgIpc) is 2.62. The van der Waals surface area contributed by atoms with Crippen LogP contribution in [0.1, 0.15) is 13.3 Å². The second-order valence-corrected chi connectivity index (χ2v) is 3.31. The van der Waals surface area contributed by atoms with Crippen LogP contribution >= 0.6 is 0 Å². The predicted octanol–water partition coefficient (Wildman–Crippen LogP) is -0.136. The highest BCUT2D eigenvalue weighted by molar-refractivity contribution is 5.77. The normalized spacial score (nSPS) is 22.3. The summed E-state index contributed by atoms with van der Waals surface area (Å²) in [5, 5.41) is 8.87. The molecule has 4 heteroatoms. The van der Waals surface area contributed by atoms with Crippen molar-refractivity contribution < 1.29 is 14.6 Å². The van der Waals surface area contributed by atoms with Gasteiger partial charge in [-0.1, -0.05) is 0 Å². The molecule has 1 aliphatic heterocycles. The van der Waals surface area contributed by atoms with Crippen LogP contribution in [-0.4, -0.2) is 48.8 Å². The summed E-state index contributed by atoms with van der Waals surface area (Å²) in [5.74, 6) is 0.309. The first kappa shape index (κ1) is 10.5. The molecule has 1 unspecified atom stereocenters. The van der Waals surface area contributed by atoms with Crippen molar-refractivity contribution in [2.75, 3.05) is 32.9 Å². The van der Waals surface area contributed by atoms with Gasteiger partial charge in [-0.25, -0.2) is 0 Å². The van der Waals surface area contributed by atoms with Crippen LogP contribution < -0.4 is 0 Å². The third-order valence-corrected chi connectivity index (χ3v) is 2.33. The second-order valence-electron chi connectivity index (χ2n) is 3.31. The van der Waals surface area contributed by atoms with Gasteiger partial charge in [0.15, 0.2) is 0 Å². The SMILES string of the molecule is CCOCC(=O)N1CCC(CO)C1. The van der Waals surface area contributed by atoms with Gasteiger partial charge in [-0.2, -0.15) is 0 Å². The van der Waals surface area contributed by atoms with E-state index in [0.717, 1.165) is 13.0 Å². The Bertz CT molecular complexity index is 172. The quantitative estimate of drug-likeness (QED) is 0.666. The van der Waals surface area contributed by atoms with Crippen molar-refractivity contribution >= 4 is 5.91 Å². The highest BCUT2D eigenvalue weighted by atomic mass is 16.5. The first-order chi connectivity index (χ1) is 6.27. The van der Waals surface area contributed by atoms with E-state index >= 15 is 0 Å². The molecule has 4 nitrogen and oxygen atoms in total. The Kier molecular flexibility index (Phi) is 4.18. The first-order valence-electron chi connectivity index (χ1n) is 4.74. The monoisotopic (exact) mass is 187 g/mol. The molecule has 0 aliphatic carbocycles. The van der Waals surface area contributed by atoms with Crippen molar-refractivity contribution in [2.24, 2.45) is 5.92 Å². The van der Waals surface area contributed by atoms with Gasteiger partial charge < -0.3 is 14.7 Å². The second kappa shape index (κ2) is 5.19. The molecule has 0 saturated carbocycles. The molecule has 0 aromatic rings. The largest absolute Gasteiger partial charge is 0.396 e. The third kappa shape index (κ3) is 2.97. The van der Waals surface area contributed by atoms with Gasteiger partial charge in [-0.15, -0.1) is 0 Å². The number of likely N-dealkylation sites (tertiary alicyclic amines) is 1. The standard InChI is InChI=1S/C9H17NO3/c1-2-13-7-9(12)10-4-3-8(5-10)6-11/h8,11H,2-7H2,1H3. The fourth-order valence-corrected chi connectivity index (χ4v) is 1.49. The Labute approximate surface area is 78.5 Å². The molecule has 0 aromatic carbocycles. The van der Waals surface area contributed by atoms with Crippen molar-refractivity contribution in [1.29, 1.82) is 0 Å². The van der Waals surface area contributed by atoms with Crippen molar-refractivity contribution in [3.8, 4) is 0 Å². The lowest BCUT2D eigenvalue weighted by Crippen LogP contribution is -2.32. The lowest BCUT2D eigenvalue weighted by atomic mass is 10.1. The molecule has 76 valence electrons. The van der Waals surface area contributed by atoms with E-state index in [1.807, 2.05) is 6.92 Å². The van der Waals surface area contributed by atoms with E-state index in [2.05, 4.69) is 0 Å². The molecule has 1 N–H and O–H groups in total. The van der Waals surface area contributed by atoms with Crippen LogP contribution in [0.2, 0.25) is 0 Å². The molecule has 0 radical (unpaired) electrons. The average molecular weight is 187 g/mol. The van der Waals surface area contributed by atoms with E-state index in [9.17, 15) is 4.79 Å². The van der Waals surface area contributed by atoms with Gasteiger partial charge in [0.05, 0.1) is 0 Å². The molecule has 0 bridgehead atoms. The summed E-state index contributed by atoms with van der Waals surface area (Å²) in [6.07, 6.45) is 0.911. The summed E-state index contributed by atoms with van der Waals surface area (Å²) in [4.78, 5) is 13.1. The topological polar surface area (TPSA) is 49.8 Å². The number of nitrogens with zero attached hydrogens (tertiary/aromatic N) is 1. The minimum Gasteiger partial charge on any atom is -0.396 e. The van der Waals surface area contributed by atoms with Gasteiger partial charge in [-0.3, -0.25) is 4.79 Å². The van der Waals surface area contributed by atoms with Crippen LogP contribution in [-0.2, 0) is 9.53 Å². The summed E-state index contributed by atoms with van der Waals surface area (Å²) in [6.45, 7) is 4.24. The molecular weight excluding hydrogens is 170 g/mol. The summed E-state index contributed by atoms with van der Waals surface area (Å²) >= 11 is 0. The van der Waals surface area contributed by atoms with E-state index < -0.39 is 0 Å². The summed E-state index contributed by atoms with van der Waals surface area (Å²) in [6, 6.07) is 0. The molecule has 1 heterocycles. The van der Waals surface area contributed by atoms with E-state index in [0.29, 0.717) is 13.2 Å². The molecule has 1 amide bonds. The number of rotatable bonds is 4. The van der Waals surface area contributed by atoms with Gasteiger partial charge in [0.1, 0.15) is 6.61 Å². The fourth-order valence-electron chi connectivity index (χ4n) is 1.49. The first-order valence-corrected chi connectivity index (χ1v) is 4.74. The van der Waals surface area contributed by atoms with Crippen molar-refractivity contribution in [3.05, 3.63) is 0 Å². The molecule has 1 aliphatic rings. The maximum atomic E-state index is 11.4.